The Labute approximate surface area is 161 Å². The van der Waals surface area contributed by atoms with E-state index in [1.54, 1.807) is 6.07 Å². The van der Waals surface area contributed by atoms with Gasteiger partial charge in [0, 0.05) is 24.3 Å². The third-order valence-corrected chi connectivity index (χ3v) is 4.57. The molecule has 0 bridgehead atoms. The standard InChI is InChI=1S/C21H19F2NO4/c1-27-19-9-14(17(23)12-20(19)28-2)10-21(26)24-7-6-16(25)11-18(24)13-4-3-5-15(22)8-13/h3-9,12,18H,10-11H2,1-2H3/t18-/m0/s1. The van der Waals surface area contributed by atoms with Gasteiger partial charge in [0.15, 0.2) is 17.3 Å². The molecule has 0 N–H and O–H groups in total. The van der Waals surface area contributed by atoms with Crippen LogP contribution in [0.1, 0.15) is 23.6 Å². The van der Waals surface area contributed by atoms with Crippen LogP contribution in [0.2, 0.25) is 0 Å². The molecule has 0 unspecified atom stereocenters. The van der Waals surface area contributed by atoms with Crippen LogP contribution in [0.15, 0.2) is 48.7 Å². The highest BCUT2D eigenvalue weighted by atomic mass is 19.1. The van der Waals surface area contributed by atoms with E-state index in [2.05, 4.69) is 0 Å². The van der Waals surface area contributed by atoms with Gasteiger partial charge in [0.2, 0.25) is 5.91 Å². The van der Waals surface area contributed by atoms with Crippen molar-refractivity contribution < 1.29 is 27.8 Å². The first-order chi connectivity index (χ1) is 13.4. The molecule has 0 aliphatic carbocycles. The maximum atomic E-state index is 14.4. The summed E-state index contributed by atoms with van der Waals surface area (Å²) in [7, 11) is 2.81. The molecule has 0 saturated carbocycles. The molecule has 146 valence electrons. The van der Waals surface area contributed by atoms with Crippen molar-refractivity contribution in [1.82, 2.24) is 4.90 Å². The van der Waals surface area contributed by atoms with Gasteiger partial charge in [0.1, 0.15) is 11.6 Å². The molecule has 1 amide bonds. The fraction of sp³-hybridized carbons (Fsp3) is 0.238. The Balaban J connectivity index is 1.90. The highest BCUT2D eigenvalue weighted by Gasteiger charge is 2.29. The van der Waals surface area contributed by atoms with Gasteiger partial charge >= 0.3 is 0 Å². The smallest absolute Gasteiger partial charge is 0.231 e. The lowest BCUT2D eigenvalue weighted by molar-refractivity contribution is -0.131. The minimum atomic E-state index is -0.649. The minimum Gasteiger partial charge on any atom is -0.493 e. The number of rotatable bonds is 5. The van der Waals surface area contributed by atoms with Crippen LogP contribution < -0.4 is 9.47 Å². The van der Waals surface area contributed by atoms with E-state index in [1.807, 2.05) is 0 Å². The molecule has 28 heavy (non-hydrogen) atoms. The number of allylic oxidation sites excluding steroid dienone is 1. The van der Waals surface area contributed by atoms with Crippen LogP contribution in [0.5, 0.6) is 11.5 Å². The van der Waals surface area contributed by atoms with Gasteiger partial charge in [-0.2, -0.15) is 0 Å². The molecular formula is C21H19F2NO4. The Bertz CT molecular complexity index is 942. The first-order valence-corrected chi connectivity index (χ1v) is 8.61. The number of benzene rings is 2. The van der Waals surface area contributed by atoms with E-state index >= 15 is 0 Å². The Morgan fingerprint density at radius 2 is 1.86 bits per heavy atom. The number of amides is 1. The summed E-state index contributed by atoms with van der Waals surface area (Å²) < 4.78 is 38.2. The number of halogens is 2. The molecule has 0 radical (unpaired) electrons. The molecule has 0 aromatic heterocycles. The molecule has 1 aliphatic heterocycles. The van der Waals surface area contributed by atoms with Crippen molar-refractivity contribution >= 4 is 11.7 Å². The lowest BCUT2D eigenvalue weighted by Gasteiger charge is -2.31. The normalized spacial score (nSPS) is 16.2. The number of hydrogen-bond donors (Lipinski definition) is 0. The van der Waals surface area contributed by atoms with Crippen LogP contribution in [0.25, 0.3) is 0 Å². The van der Waals surface area contributed by atoms with Gasteiger partial charge in [-0.1, -0.05) is 12.1 Å². The van der Waals surface area contributed by atoms with E-state index in [9.17, 15) is 18.4 Å². The molecule has 1 atom stereocenters. The van der Waals surface area contributed by atoms with E-state index in [0.29, 0.717) is 11.3 Å². The topological polar surface area (TPSA) is 55.8 Å². The molecule has 1 aliphatic rings. The third-order valence-electron chi connectivity index (χ3n) is 4.57. The van der Waals surface area contributed by atoms with E-state index in [0.717, 1.165) is 6.07 Å². The monoisotopic (exact) mass is 387 g/mol. The molecule has 5 nitrogen and oxygen atoms in total. The molecule has 3 rings (SSSR count). The van der Waals surface area contributed by atoms with E-state index < -0.39 is 23.6 Å². The van der Waals surface area contributed by atoms with Crippen LogP contribution in [0.4, 0.5) is 8.78 Å². The summed E-state index contributed by atoms with van der Waals surface area (Å²) in [5.74, 6) is -1.14. The summed E-state index contributed by atoms with van der Waals surface area (Å²) in [5, 5.41) is 0. The molecule has 0 saturated heterocycles. The van der Waals surface area contributed by atoms with Crippen molar-refractivity contribution in [2.45, 2.75) is 18.9 Å². The zero-order chi connectivity index (χ0) is 20.3. The van der Waals surface area contributed by atoms with Crippen LogP contribution in [-0.4, -0.2) is 30.8 Å². The highest BCUT2D eigenvalue weighted by Crippen LogP contribution is 2.32. The summed E-state index contributed by atoms with van der Waals surface area (Å²) in [5.41, 5.74) is 0.629. The molecule has 2 aromatic rings. The minimum absolute atomic E-state index is 0.0279. The second-order valence-electron chi connectivity index (χ2n) is 6.33. The first-order valence-electron chi connectivity index (χ1n) is 8.61. The maximum Gasteiger partial charge on any atom is 0.231 e. The summed E-state index contributed by atoms with van der Waals surface area (Å²) in [6.07, 6.45) is 2.43. The van der Waals surface area contributed by atoms with E-state index in [4.69, 9.17) is 9.47 Å². The average Bonchev–Trinajstić information content (AvgIpc) is 2.69. The first kappa shape index (κ1) is 19.5. The SMILES string of the molecule is COc1cc(F)c(CC(=O)N2C=CC(=O)C[C@H]2c2cccc(F)c2)cc1OC. The number of carbonyl (C=O) groups is 2. The number of ketones is 1. The van der Waals surface area contributed by atoms with Crippen molar-refractivity contribution in [1.29, 1.82) is 0 Å². The number of methoxy groups -OCH3 is 2. The molecular weight excluding hydrogens is 368 g/mol. The van der Waals surface area contributed by atoms with Gasteiger partial charge < -0.3 is 14.4 Å². The van der Waals surface area contributed by atoms with Crippen LogP contribution in [0.3, 0.4) is 0 Å². The van der Waals surface area contributed by atoms with E-state index in [-0.39, 0.29) is 29.9 Å². The van der Waals surface area contributed by atoms with Gasteiger partial charge in [-0.15, -0.1) is 0 Å². The lowest BCUT2D eigenvalue weighted by atomic mass is 9.96. The number of nitrogens with zero attached hydrogens (tertiary/aromatic N) is 1. The fourth-order valence-electron chi connectivity index (χ4n) is 3.16. The highest BCUT2D eigenvalue weighted by molar-refractivity contribution is 5.93. The van der Waals surface area contributed by atoms with Gasteiger partial charge in [-0.25, -0.2) is 8.78 Å². The molecule has 1 heterocycles. The second kappa shape index (κ2) is 8.21. The predicted molar refractivity (Wildman–Crippen MR) is 98.0 cm³/mol. The van der Waals surface area contributed by atoms with Crippen molar-refractivity contribution in [2.75, 3.05) is 14.2 Å². The second-order valence-corrected chi connectivity index (χ2v) is 6.33. The predicted octanol–water partition coefficient (Wildman–Crippen LogP) is 3.58. The number of carbonyl (C=O) groups excluding carboxylic acids is 2. The zero-order valence-corrected chi connectivity index (χ0v) is 15.4. The average molecular weight is 387 g/mol. The fourth-order valence-corrected chi connectivity index (χ4v) is 3.16. The largest absolute Gasteiger partial charge is 0.493 e. The Morgan fingerprint density at radius 1 is 1.14 bits per heavy atom. The van der Waals surface area contributed by atoms with Crippen molar-refractivity contribution in [3.8, 4) is 11.5 Å². The molecule has 0 spiro atoms. The van der Waals surface area contributed by atoms with Crippen LogP contribution >= 0.6 is 0 Å². The van der Waals surface area contributed by atoms with Crippen molar-refractivity contribution in [3.05, 3.63) is 71.4 Å². The van der Waals surface area contributed by atoms with Crippen molar-refractivity contribution in [2.24, 2.45) is 0 Å². The van der Waals surface area contributed by atoms with Crippen LogP contribution in [-0.2, 0) is 16.0 Å². The summed E-state index contributed by atoms with van der Waals surface area (Å²) >= 11 is 0. The third kappa shape index (κ3) is 4.03. The lowest BCUT2D eigenvalue weighted by Crippen LogP contribution is -2.35. The Kier molecular flexibility index (Phi) is 5.73. The summed E-state index contributed by atoms with van der Waals surface area (Å²) in [4.78, 5) is 26.1. The Morgan fingerprint density at radius 3 is 2.54 bits per heavy atom. The van der Waals surface area contributed by atoms with Gasteiger partial charge in [0.25, 0.3) is 0 Å². The van der Waals surface area contributed by atoms with Crippen molar-refractivity contribution in [3.63, 3.8) is 0 Å². The van der Waals surface area contributed by atoms with Gasteiger partial charge in [0.05, 0.1) is 26.7 Å². The number of ether oxygens (including phenoxy) is 2. The van der Waals surface area contributed by atoms with Crippen LogP contribution in [0, 0.1) is 11.6 Å². The molecule has 2 aromatic carbocycles. The van der Waals surface area contributed by atoms with Gasteiger partial charge in [-0.05, 0) is 29.8 Å². The summed E-state index contributed by atoms with van der Waals surface area (Å²) in [6.45, 7) is 0. The van der Waals surface area contributed by atoms with E-state index in [1.165, 1.54) is 55.7 Å². The summed E-state index contributed by atoms with van der Waals surface area (Å²) in [6, 6.07) is 7.65. The number of hydrogen-bond acceptors (Lipinski definition) is 4. The Hall–Kier alpha value is -3.22. The van der Waals surface area contributed by atoms with Gasteiger partial charge in [-0.3, -0.25) is 9.59 Å². The maximum absolute atomic E-state index is 14.4. The molecule has 0 fully saturated rings. The molecule has 7 heteroatoms. The zero-order valence-electron chi connectivity index (χ0n) is 15.4. The quantitative estimate of drug-likeness (QED) is 0.787.